The summed E-state index contributed by atoms with van der Waals surface area (Å²) < 4.78 is 2.77. The average Bonchev–Trinajstić information content (AvgIpc) is 2.57. The summed E-state index contributed by atoms with van der Waals surface area (Å²) in [6, 6.07) is 24.5. The summed E-state index contributed by atoms with van der Waals surface area (Å²) in [4.78, 5) is 4.39. The van der Waals surface area contributed by atoms with Gasteiger partial charge in [-0.2, -0.15) is 0 Å². The Morgan fingerprint density at radius 2 is 1.45 bits per heavy atom. The predicted octanol–water partition coefficient (Wildman–Crippen LogP) is 5.90. The lowest BCUT2D eigenvalue weighted by molar-refractivity contribution is 1.02. The number of halogens is 2. The van der Waals surface area contributed by atoms with Gasteiger partial charge in [0.25, 0.3) is 0 Å². The zero-order valence-corrected chi connectivity index (χ0v) is 16.9. The van der Waals surface area contributed by atoms with E-state index in [1.807, 2.05) is 0 Å². The molecule has 22 heavy (non-hydrogen) atoms. The maximum atomic E-state index is 2.51. The number of fused-ring (bicyclic) bond motifs is 2. The molecule has 0 nitrogen and oxygen atoms in total. The highest BCUT2D eigenvalue weighted by Gasteiger charge is 2.38. The Balaban J connectivity index is 2.00. The predicted molar refractivity (Wildman–Crippen MR) is 110 cm³/mol. The minimum Gasteiger partial charge on any atom is -0.0619 e. The average molecular weight is 527 g/mol. The van der Waals surface area contributed by atoms with Gasteiger partial charge in [0.05, 0.1) is 10.9 Å². The van der Waals surface area contributed by atoms with Gasteiger partial charge >= 0.3 is 0 Å². The Labute approximate surface area is 161 Å². The summed E-state index contributed by atoms with van der Waals surface area (Å²) in [5, 5.41) is 0. The van der Waals surface area contributed by atoms with Crippen molar-refractivity contribution < 1.29 is 0 Å². The van der Waals surface area contributed by atoms with Gasteiger partial charge in [-0.1, -0.05) is 36.4 Å². The molecule has 1 heterocycles. The van der Waals surface area contributed by atoms with Crippen LogP contribution in [0.5, 0.6) is 0 Å². The van der Waals surface area contributed by atoms with Crippen molar-refractivity contribution in [2.45, 2.75) is 21.1 Å². The molecular weight excluding hydrogens is 514 g/mol. The van der Waals surface area contributed by atoms with Crippen LogP contribution < -0.4 is 0 Å². The van der Waals surface area contributed by atoms with E-state index in [1.54, 1.807) is 0 Å². The first kappa shape index (κ1) is 15.0. The van der Waals surface area contributed by atoms with Crippen LogP contribution >= 0.6 is 45.2 Å². The maximum Gasteiger partial charge on any atom is 0.171 e. The Morgan fingerprint density at radius 1 is 0.727 bits per heavy atom. The highest BCUT2D eigenvalue weighted by molar-refractivity contribution is 14.1. The molecule has 0 saturated carbocycles. The van der Waals surface area contributed by atoms with E-state index in [9.17, 15) is 0 Å². The Bertz CT molecular complexity index is 843. The first-order chi connectivity index (χ1) is 10.8. The molecule has 0 N–H and O–H groups in total. The van der Waals surface area contributed by atoms with Crippen LogP contribution in [0.2, 0.25) is 0 Å². The largest absolute Gasteiger partial charge is 0.171 e. The van der Waals surface area contributed by atoms with Crippen LogP contribution in [0.1, 0.15) is 11.1 Å². The summed E-state index contributed by atoms with van der Waals surface area (Å²) in [6.45, 7) is 0. The number of benzene rings is 3. The fraction of sp³-hybridized carbons (Fsp3) is 0.0526. The van der Waals surface area contributed by atoms with Crippen LogP contribution in [-0.4, -0.2) is 0 Å². The third kappa shape index (κ3) is 2.51. The molecule has 108 valence electrons. The fourth-order valence-corrected chi connectivity index (χ4v) is 6.66. The molecule has 0 saturated heterocycles. The van der Waals surface area contributed by atoms with E-state index in [0.29, 0.717) is 0 Å². The van der Waals surface area contributed by atoms with Gasteiger partial charge in [0.2, 0.25) is 0 Å². The van der Waals surface area contributed by atoms with Crippen molar-refractivity contribution >= 4 is 56.1 Å². The van der Waals surface area contributed by atoms with Crippen molar-refractivity contribution in [1.29, 1.82) is 0 Å². The highest BCUT2D eigenvalue weighted by atomic mass is 127. The lowest BCUT2D eigenvalue weighted by Crippen LogP contribution is -2.17. The van der Waals surface area contributed by atoms with E-state index < -0.39 is 0 Å². The van der Waals surface area contributed by atoms with Crippen LogP contribution in [0.25, 0.3) is 0 Å². The molecule has 1 atom stereocenters. The standard InChI is InChI=1S/C19H13I2S/c20-16-10-11-18-15(19(16)21)12-13-6-4-5-9-17(13)22(18)14-7-2-1-3-8-14/h1-11H,12H2/q+1. The normalized spacial score (nSPS) is 16.0. The minimum atomic E-state index is 0.0154. The smallest absolute Gasteiger partial charge is 0.0619 e. The molecule has 0 aromatic heterocycles. The highest BCUT2D eigenvalue weighted by Crippen LogP contribution is 2.42. The van der Waals surface area contributed by atoms with Crippen LogP contribution in [0.4, 0.5) is 0 Å². The SMILES string of the molecule is Ic1ccc2c(c1I)Cc1ccccc1[S+]2c1ccccc1. The summed E-state index contributed by atoms with van der Waals surface area (Å²) in [7, 11) is 0.0154. The summed E-state index contributed by atoms with van der Waals surface area (Å²) in [5.41, 5.74) is 2.99. The van der Waals surface area contributed by atoms with E-state index >= 15 is 0 Å². The lowest BCUT2D eigenvalue weighted by Gasteiger charge is -2.21. The van der Waals surface area contributed by atoms with E-state index in [0.717, 1.165) is 6.42 Å². The van der Waals surface area contributed by atoms with Gasteiger partial charge in [-0.3, -0.25) is 0 Å². The van der Waals surface area contributed by atoms with Crippen LogP contribution in [-0.2, 0) is 17.3 Å². The molecule has 3 heteroatoms. The van der Waals surface area contributed by atoms with Crippen molar-refractivity contribution in [3.8, 4) is 0 Å². The molecule has 1 aliphatic heterocycles. The molecule has 0 aliphatic carbocycles. The second kappa shape index (κ2) is 6.17. The van der Waals surface area contributed by atoms with Crippen molar-refractivity contribution in [3.05, 3.63) is 85.0 Å². The monoisotopic (exact) mass is 527 g/mol. The Hall–Kier alpha value is -0.530. The molecule has 0 spiro atoms. The van der Waals surface area contributed by atoms with Gasteiger partial charge in [0.1, 0.15) is 0 Å². The van der Waals surface area contributed by atoms with E-state index in [-0.39, 0.29) is 10.9 Å². The van der Waals surface area contributed by atoms with Gasteiger partial charge in [-0.25, -0.2) is 0 Å². The molecule has 0 bridgehead atoms. The van der Waals surface area contributed by atoms with Gasteiger partial charge in [-0.05, 0) is 75.5 Å². The van der Waals surface area contributed by atoms with Crippen LogP contribution in [0.15, 0.2) is 81.4 Å². The summed E-state index contributed by atoms with van der Waals surface area (Å²) in [5.74, 6) is 0. The van der Waals surface area contributed by atoms with Crippen molar-refractivity contribution in [2.24, 2.45) is 0 Å². The Morgan fingerprint density at radius 3 is 2.27 bits per heavy atom. The summed E-state index contributed by atoms with van der Waals surface area (Å²) >= 11 is 4.96. The number of rotatable bonds is 1. The van der Waals surface area contributed by atoms with E-state index in [1.165, 1.54) is 33.0 Å². The van der Waals surface area contributed by atoms with Crippen molar-refractivity contribution in [1.82, 2.24) is 0 Å². The van der Waals surface area contributed by atoms with Crippen LogP contribution in [0, 0.1) is 7.14 Å². The first-order valence-corrected chi connectivity index (χ1v) is 10.5. The molecule has 4 rings (SSSR count). The third-order valence-corrected chi connectivity index (χ3v) is 9.48. The fourth-order valence-electron chi connectivity index (χ4n) is 2.90. The second-order valence-electron chi connectivity index (χ2n) is 5.24. The molecule has 0 amide bonds. The quantitative estimate of drug-likeness (QED) is 0.214. The molecule has 1 unspecified atom stereocenters. The van der Waals surface area contributed by atoms with E-state index in [4.69, 9.17) is 0 Å². The van der Waals surface area contributed by atoms with Crippen molar-refractivity contribution in [3.63, 3.8) is 0 Å². The zero-order valence-electron chi connectivity index (χ0n) is 11.7. The maximum absolute atomic E-state index is 2.51. The lowest BCUT2D eigenvalue weighted by atomic mass is 10.0. The summed E-state index contributed by atoms with van der Waals surface area (Å²) in [6.07, 6.45) is 1.05. The molecule has 1 aliphatic rings. The molecule has 0 fully saturated rings. The zero-order chi connectivity index (χ0) is 15.1. The van der Waals surface area contributed by atoms with Crippen LogP contribution in [0.3, 0.4) is 0 Å². The molecule has 0 radical (unpaired) electrons. The van der Waals surface area contributed by atoms with Gasteiger partial charge in [0, 0.05) is 24.7 Å². The first-order valence-electron chi connectivity index (χ1n) is 7.10. The van der Waals surface area contributed by atoms with Gasteiger partial charge < -0.3 is 0 Å². The van der Waals surface area contributed by atoms with Crippen molar-refractivity contribution in [2.75, 3.05) is 0 Å². The molecule has 3 aromatic rings. The van der Waals surface area contributed by atoms with E-state index in [2.05, 4.69) is 112 Å². The topological polar surface area (TPSA) is 0 Å². The number of hydrogen-bond acceptors (Lipinski definition) is 0. The third-order valence-electron chi connectivity index (χ3n) is 3.91. The Kier molecular flexibility index (Phi) is 4.21. The minimum absolute atomic E-state index is 0.0154. The molecular formula is C19H13I2S+. The van der Waals surface area contributed by atoms with Gasteiger partial charge in [-0.15, -0.1) is 0 Å². The second-order valence-corrected chi connectivity index (χ2v) is 9.45. The van der Waals surface area contributed by atoms with Gasteiger partial charge in [0.15, 0.2) is 14.7 Å². The molecule has 3 aromatic carbocycles. The number of hydrogen-bond donors (Lipinski definition) is 0.